The lowest BCUT2D eigenvalue weighted by Gasteiger charge is -2.14. The summed E-state index contributed by atoms with van der Waals surface area (Å²) < 4.78 is 21.2. The Balaban J connectivity index is 1.37. The first-order valence-electron chi connectivity index (χ1n) is 9.11. The Morgan fingerprint density at radius 3 is 2.64 bits per heavy atom. The van der Waals surface area contributed by atoms with Crippen molar-refractivity contribution >= 4 is 17.6 Å². The van der Waals surface area contributed by atoms with Crippen LogP contribution in [0.25, 0.3) is 0 Å². The lowest BCUT2D eigenvalue weighted by molar-refractivity contribution is -0.153. The monoisotopic (exact) mass is 385 g/mol. The Kier molecular flexibility index (Phi) is 6.37. The second-order valence-corrected chi connectivity index (χ2v) is 6.45. The molecule has 1 amide bonds. The molecular formula is C21H23NO6. The number of hydrogen-bond acceptors (Lipinski definition) is 6. The normalized spacial score (nSPS) is 12.9. The molecule has 0 fully saturated rings. The topological polar surface area (TPSA) is 83.1 Å². The van der Waals surface area contributed by atoms with Gasteiger partial charge in [-0.05, 0) is 44.5 Å². The van der Waals surface area contributed by atoms with Crippen LogP contribution in [0.1, 0.15) is 25.3 Å². The summed E-state index contributed by atoms with van der Waals surface area (Å²) in [6.07, 6.45) is -0.229. The molecule has 7 nitrogen and oxygen atoms in total. The number of hydrogen-bond donors (Lipinski definition) is 1. The van der Waals surface area contributed by atoms with Crippen molar-refractivity contribution in [2.75, 3.05) is 18.7 Å². The van der Waals surface area contributed by atoms with E-state index in [1.165, 1.54) is 6.92 Å². The quantitative estimate of drug-likeness (QED) is 0.554. The molecule has 0 radical (unpaired) electrons. The third kappa shape index (κ3) is 5.39. The number of benzene rings is 2. The van der Waals surface area contributed by atoms with Gasteiger partial charge in [-0.3, -0.25) is 9.59 Å². The van der Waals surface area contributed by atoms with Crippen molar-refractivity contribution in [2.24, 2.45) is 0 Å². The molecule has 1 aliphatic heterocycles. The highest BCUT2D eigenvalue weighted by Crippen LogP contribution is 2.34. The van der Waals surface area contributed by atoms with Crippen LogP contribution < -0.4 is 19.5 Å². The van der Waals surface area contributed by atoms with E-state index in [0.29, 0.717) is 30.2 Å². The zero-order valence-corrected chi connectivity index (χ0v) is 15.9. The van der Waals surface area contributed by atoms with E-state index in [4.69, 9.17) is 18.9 Å². The molecule has 0 saturated carbocycles. The largest absolute Gasteiger partial charge is 0.494 e. The molecule has 0 spiro atoms. The van der Waals surface area contributed by atoms with Crippen molar-refractivity contribution in [3.8, 4) is 17.2 Å². The van der Waals surface area contributed by atoms with E-state index in [1.54, 1.807) is 18.2 Å². The number of nitrogens with one attached hydrogen (secondary N) is 1. The highest BCUT2D eigenvalue weighted by Gasteiger charge is 2.19. The fourth-order valence-electron chi connectivity index (χ4n) is 2.57. The molecule has 0 bridgehead atoms. The molecule has 148 valence electrons. The Labute approximate surface area is 163 Å². The molecule has 1 aliphatic rings. The second-order valence-electron chi connectivity index (χ2n) is 6.45. The van der Waals surface area contributed by atoms with Gasteiger partial charge in [-0.15, -0.1) is 0 Å². The second kappa shape index (κ2) is 9.12. The number of fused-ring (bicyclic) bond motifs is 1. The highest BCUT2D eigenvalue weighted by molar-refractivity contribution is 5.95. The molecule has 0 aromatic heterocycles. The fraction of sp³-hybridized carbons (Fsp3) is 0.333. The minimum Gasteiger partial charge on any atom is -0.494 e. The zero-order chi connectivity index (χ0) is 19.9. The SMILES string of the molecule is Cc1ccc(OCCCC(=O)OC(C)C(=O)Nc2ccc3c(c2)OCO3)cc1. The summed E-state index contributed by atoms with van der Waals surface area (Å²) in [4.78, 5) is 24.1. The number of carbonyl (C=O) groups excluding carboxylic acids is 2. The van der Waals surface area contributed by atoms with Crippen LogP contribution in [0.5, 0.6) is 17.2 Å². The summed E-state index contributed by atoms with van der Waals surface area (Å²) in [6, 6.07) is 12.8. The van der Waals surface area contributed by atoms with Crippen LogP contribution in [0.3, 0.4) is 0 Å². The Morgan fingerprint density at radius 2 is 1.86 bits per heavy atom. The average molecular weight is 385 g/mol. The van der Waals surface area contributed by atoms with Crippen molar-refractivity contribution in [1.82, 2.24) is 0 Å². The van der Waals surface area contributed by atoms with Crippen molar-refractivity contribution < 1.29 is 28.5 Å². The van der Waals surface area contributed by atoms with Crippen molar-refractivity contribution in [1.29, 1.82) is 0 Å². The van der Waals surface area contributed by atoms with Gasteiger partial charge in [-0.25, -0.2) is 0 Å². The first-order chi connectivity index (χ1) is 13.5. The number of rotatable bonds is 8. The molecule has 0 saturated heterocycles. The average Bonchev–Trinajstić information content (AvgIpc) is 3.14. The van der Waals surface area contributed by atoms with Gasteiger partial charge in [0.2, 0.25) is 6.79 Å². The van der Waals surface area contributed by atoms with Gasteiger partial charge in [0.1, 0.15) is 5.75 Å². The van der Waals surface area contributed by atoms with E-state index in [1.807, 2.05) is 31.2 Å². The van der Waals surface area contributed by atoms with Gasteiger partial charge in [0, 0.05) is 18.2 Å². The molecule has 0 aliphatic carbocycles. The van der Waals surface area contributed by atoms with E-state index >= 15 is 0 Å². The molecule has 2 aromatic carbocycles. The van der Waals surface area contributed by atoms with Gasteiger partial charge in [-0.1, -0.05) is 17.7 Å². The molecular weight excluding hydrogens is 362 g/mol. The number of anilines is 1. The summed E-state index contributed by atoms with van der Waals surface area (Å²) in [7, 11) is 0. The van der Waals surface area contributed by atoms with E-state index in [2.05, 4.69) is 5.32 Å². The predicted molar refractivity (Wildman–Crippen MR) is 103 cm³/mol. The van der Waals surface area contributed by atoms with Gasteiger partial charge in [0.25, 0.3) is 5.91 Å². The third-order valence-electron chi connectivity index (χ3n) is 4.13. The number of carbonyl (C=O) groups is 2. The molecule has 1 unspecified atom stereocenters. The fourth-order valence-corrected chi connectivity index (χ4v) is 2.57. The Morgan fingerprint density at radius 1 is 1.11 bits per heavy atom. The van der Waals surface area contributed by atoms with Crippen LogP contribution in [0.2, 0.25) is 0 Å². The maximum absolute atomic E-state index is 12.2. The van der Waals surface area contributed by atoms with Crippen LogP contribution in [0, 0.1) is 6.92 Å². The first-order valence-corrected chi connectivity index (χ1v) is 9.11. The number of amides is 1. The van der Waals surface area contributed by atoms with E-state index in [-0.39, 0.29) is 13.2 Å². The van der Waals surface area contributed by atoms with Crippen LogP contribution in [0.15, 0.2) is 42.5 Å². The number of ether oxygens (including phenoxy) is 4. The first kappa shape index (κ1) is 19.5. The molecule has 1 atom stereocenters. The van der Waals surface area contributed by atoms with E-state index < -0.39 is 18.0 Å². The zero-order valence-electron chi connectivity index (χ0n) is 15.9. The summed E-state index contributed by atoms with van der Waals surface area (Å²) in [5, 5.41) is 2.69. The maximum atomic E-state index is 12.2. The lowest BCUT2D eigenvalue weighted by atomic mass is 10.2. The highest BCUT2D eigenvalue weighted by atomic mass is 16.7. The van der Waals surface area contributed by atoms with Gasteiger partial charge in [0.15, 0.2) is 17.6 Å². The van der Waals surface area contributed by atoms with Crippen LogP contribution >= 0.6 is 0 Å². The third-order valence-corrected chi connectivity index (χ3v) is 4.13. The predicted octanol–water partition coefficient (Wildman–Crippen LogP) is 3.45. The molecule has 28 heavy (non-hydrogen) atoms. The van der Waals surface area contributed by atoms with E-state index in [9.17, 15) is 9.59 Å². The van der Waals surface area contributed by atoms with Gasteiger partial charge in [-0.2, -0.15) is 0 Å². The smallest absolute Gasteiger partial charge is 0.306 e. The van der Waals surface area contributed by atoms with Crippen molar-refractivity contribution in [2.45, 2.75) is 32.8 Å². The van der Waals surface area contributed by atoms with Crippen LogP contribution in [0.4, 0.5) is 5.69 Å². The minimum atomic E-state index is -0.907. The maximum Gasteiger partial charge on any atom is 0.306 e. The van der Waals surface area contributed by atoms with Gasteiger partial charge < -0.3 is 24.3 Å². The van der Waals surface area contributed by atoms with Gasteiger partial charge >= 0.3 is 5.97 Å². The molecule has 2 aromatic rings. The molecule has 1 N–H and O–H groups in total. The molecule has 1 heterocycles. The lowest BCUT2D eigenvalue weighted by Crippen LogP contribution is -2.30. The van der Waals surface area contributed by atoms with E-state index in [0.717, 1.165) is 11.3 Å². The summed E-state index contributed by atoms with van der Waals surface area (Å²) in [5.41, 5.74) is 1.70. The summed E-state index contributed by atoms with van der Waals surface area (Å²) >= 11 is 0. The number of aryl methyl sites for hydroxylation is 1. The summed E-state index contributed by atoms with van der Waals surface area (Å²) in [6.45, 7) is 4.09. The van der Waals surface area contributed by atoms with Gasteiger partial charge in [0.05, 0.1) is 6.61 Å². The molecule has 7 heteroatoms. The summed E-state index contributed by atoms with van der Waals surface area (Å²) in [5.74, 6) is 1.10. The van der Waals surface area contributed by atoms with Crippen molar-refractivity contribution in [3.05, 3.63) is 48.0 Å². The Hall–Kier alpha value is -3.22. The number of esters is 1. The Bertz CT molecular complexity index is 833. The minimum absolute atomic E-state index is 0.161. The van der Waals surface area contributed by atoms with Crippen molar-refractivity contribution in [3.63, 3.8) is 0 Å². The standard InChI is InChI=1S/C21H23NO6/c1-14-5-8-17(9-6-14)25-11-3-4-20(23)28-15(2)21(24)22-16-7-10-18-19(12-16)27-13-26-18/h5-10,12,15H,3-4,11,13H2,1-2H3,(H,22,24). The molecule has 3 rings (SSSR count). The van der Waals surface area contributed by atoms with Crippen LogP contribution in [-0.2, 0) is 14.3 Å². The van der Waals surface area contributed by atoms with Crippen LogP contribution in [-0.4, -0.2) is 31.4 Å².